The number of aliphatic imine (C=N–C) groups is 1. The molecule has 23 heavy (non-hydrogen) atoms. The average Bonchev–Trinajstić information content (AvgIpc) is 2.58. The molecule has 1 saturated heterocycles. The zero-order valence-corrected chi connectivity index (χ0v) is 15.3. The highest BCUT2D eigenvalue weighted by molar-refractivity contribution is 5.80. The minimum atomic E-state index is -0.217. The van der Waals surface area contributed by atoms with Gasteiger partial charge >= 0.3 is 6.09 Å². The number of hydrogen-bond acceptors (Lipinski definition) is 4. The van der Waals surface area contributed by atoms with Crippen LogP contribution in [0.5, 0.6) is 0 Å². The van der Waals surface area contributed by atoms with Gasteiger partial charge in [-0.05, 0) is 27.3 Å². The van der Waals surface area contributed by atoms with Crippen LogP contribution in [-0.2, 0) is 4.74 Å². The molecule has 1 fully saturated rings. The molecule has 0 spiro atoms. The largest absolute Gasteiger partial charge is 0.450 e. The normalized spacial score (nSPS) is 17.4. The van der Waals surface area contributed by atoms with Crippen LogP contribution < -0.4 is 5.32 Å². The van der Waals surface area contributed by atoms with Crippen molar-refractivity contribution in [2.75, 3.05) is 60.0 Å². The van der Waals surface area contributed by atoms with Gasteiger partial charge in [0.2, 0.25) is 0 Å². The van der Waals surface area contributed by atoms with Crippen LogP contribution in [0, 0.1) is 0 Å². The van der Waals surface area contributed by atoms with Crippen LogP contribution in [0.15, 0.2) is 4.99 Å². The lowest BCUT2D eigenvalue weighted by Gasteiger charge is -2.36. The molecule has 0 aromatic rings. The van der Waals surface area contributed by atoms with Crippen molar-refractivity contribution >= 4 is 12.1 Å². The fourth-order valence-corrected chi connectivity index (χ4v) is 2.52. The highest BCUT2D eigenvalue weighted by atomic mass is 16.6. The van der Waals surface area contributed by atoms with Crippen molar-refractivity contribution in [1.29, 1.82) is 0 Å². The van der Waals surface area contributed by atoms with Gasteiger partial charge in [-0.1, -0.05) is 6.92 Å². The van der Waals surface area contributed by atoms with E-state index >= 15 is 0 Å². The lowest BCUT2D eigenvalue weighted by atomic mass is 10.2. The Labute approximate surface area is 140 Å². The van der Waals surface area contributed by atoms with Crippen LogP contribution in [0.3, 0.4) is 0 Å². The number of nitrogens with zero attached hydrogens (tertiary/aromatic N) is 4. The number of ether oxygens (including phenoxy) is 1. The topological polar surface area (TPSA) is 60.4 Å². The lowest BCUT2D eigenvalue weighted by Crippen LogP contribution is -2.54. The van der Waals surface area contributed by atoms with E-state index in [2.05, 4.69) is 41.0 Å². The molecule has 0 radical (unpaired) electrons. The van der Waals surface area contributed by atoms with Crippen molar-refractivity contribution in [3.05, 3.63) is 0 Å². The minimum Gasteiger partial charge on any atom is -0.450 e. The van der Waals surface area contributed by atoms with E-state index in [0.717, 1.165) is 38.6 Å². The van der Waals surface area contributed by atoms with E-state index < -0.39 is 0 Å². The van der Waals surface area contributed by atoms with E-state index in [9.17, 15) is 4.79 Å². The molecule has 1 aliphatic rings. The van der Waals surface area contributed by atoms with Gasteiger partial charge in [0.25, 0.3) is 0 Å². The first-order chi connectivity index (χ1) is 11.0. The predicted octanol–water partition coefficient (Wildman–Crippen LogP) is 1.07. The average molecular weight is 327 g/mol. The second-order valence-corrected chi connectivity index (χ2v) is 5.88. The second-order valence-electron chi connectivity index (χ2n) is 5.88. The molecule has 1 rings (SSSR count). The molecule has 1 aliphatic heterocycles. The molecule has 7 nitrogen and oxygen atoms in total. The number of likely N-dealkylation sites (N-methyl/N-ethyl adjacent to an activating group) is 1. The summed E-state index contributed by atoms with van der Waals surface area (Å²) in [5, 5.41) is 3.42. The second kappa shape index (κ2) is 10.3. The summed E-state index contributed by atoms with van der Waals surface area (Å²) in [5.74, 6) is 0.908. The van der Waals surface area contributed by atoms with Gasteiger partial charge in [-0.3, -0.25) is 4.99 Å². The summed E-state index contributed by atoms with van der Waals surface area (Å²) >= 11 is 0. The fraction of sp³-hybridized carbons (Fsp3) is 0.875. The van der Waals surface area contributed by atoms with Crippen LogP contribution in [0.25, 0.3) is 0 Å². The Morgan fingerprint density at radius 1 is 1.26 bits per heavy atom. The lowest BCUT2D eigenvalue weighted by molar-refractivity contribution is 0.0914. The highest BCUT2D eigenvalue weighted by Gasteiger charge is 2.23. The number of amides is 1. The van der Waals surface area contributed by atoms with Crippen LogP contribution in [0.1, 0.15) is 27.2 Å². The van der Waals surface area contributed by atoms with Crippen LogP contribution in [-0.4, -0.2) is 92.8 Å². The SMILES string of the molecule is CCOC(=O)N1CCN(C(=NC)NCCN(C)C(C)CC)CC1. The molecule has 7 heteroatoms. The van der Waals surface area contributed by atoms with E-state index in [-0.39, 0.29) is 6.09 Å². The molecule has 134 valence electrons. The van der Waals surface area contributed by atoms with Gasteiger partial charge in [0, 0.05) is 52.4 Å². The summed E-state index contributed by atoms with van der Waals surface area (Å²) in [6.45, 7) is 11.4. The number of piperazine rings is 1. The molecule has 1 N–H and O–H groups in total. The minimum absolute atomic E-state index is 0.217. The van der Waals surface area contributed by atoms with Crippen molar-refractivity contribution in [3.8, 4) is 0 Å². The van der Waals surface area contributed by atoms with E-state index in [4.69, 9.17) is 4.74 Å². The maximum Gasteiger partial charge on any atom is 0.409 e. The number of nitrogens with one attached hydrogen (secondary N) is 1. The van der Waals surface area contributed by atoms with E-state index in [1.54, 1.807) is 11.9 Å². The summed E-state index contributed by atoms with van der Waals surface area (Å²) in [7, 11) is 3.95. The van der Waals surface area contributed by atoms with Crippen molar-refractivity contribution < 1.29 is 9.53 Å². The number of guanidine groups is 1. The van der Waals surface area contributed by atoms with Gasteiger partial charge in [0.1, 0.15) is 0 Å². The molecule has 1 heterocycles. The molecule has 0 bridgehead atoms. The Morgan fingerprint density at radius 2 is 1.87 bits per heavy atom. The molecule has 1 atom stereocenters. The first kappa shape index (κ1) is 19.5. The van der Waals surface area contributed by atoms with Crippen molar-refractivity contribution in [1.82, 2.24) is 20.0 Å². The number of carbonyl (C=O) groups is 1. The van der Waals surface area contributed by atoms with E-state index in [0.29, 0.717) is 25.7 Å². The first-order valence-electron chi connectivity index (χ1n) is 8.60. The number of carbonyl (C=O) groups excluding carboxylic acids is 1. The van der Waals surface area contributed by atoms with Crippen molar-refractivity contribution in [2.24, 2.45) is 4.99 Å². The molecule has 0 aromatic heterocycles. The molecule has 1 unspecified atom stereocenters. The van der Waals surface area contributed by atoms with Crippen molar-refractivity contribution in [3.63, 3.8) is 0 Å². The molecule has 0 aromatic carbocycles. The summed E-state index contributed by atoms with van der Waals surface area (Å²) in [6.07, 6.45) is 0.936. The molecular formula is C16H33N5O2. The molecule has 1 amide bonds. The Balaban J connectivity index is 2.35. The molecule has 0 aliphatic carbocycles. The first-order valence-corrected chi connectivity index (χ1v) is 8.60. The van der Waals surface area contributed by atoms with Crippen LogP contribution in [0.4, 0.5) is 4.79 Å². The van der Waals surface area contributed by atoms with Gasteiger partial charge in [0.15, 0.2) is 5.96 Å². The van der Waals surface area contributed by atoms with Crippen LogP contribution >= 0.6 is 0 Å². The monoisotopic (exact) mass is 327 g/mol. The third-order valence-corrected chi connectivity index (χ3v) is 4.41. The summed E-state index contributed by atoms with van der Waals surface area (Å²) in [5.41, 5.74) is 0. The summed E-state index contributed by atoms with van der Waals surface area (Å²) in [4.78, 5) is 22.4. The maximum absolute atomic E-state index is 11.7. The summed E-state index contributed by atoms with van der Waals surface area (Å²) in [6, 6.07) is 0.590. The summed E-state index contributed by atoms with van der Waals surface area (Å²) < 4.78 is 5.04. The van der Waals surface area contributed by atoms with E-state index in [1.165, 1.54) is 0 Å². The van der Waals surface area contributed by atoms with Gasteiger partial charge in [-0.2, -0.15) is 0 Å². The van der Waals surface area contributed by atoms with Crippen LogP contribution in [0.2, 0.25) is 0 Å². The molecule has 0 saturated carbocycles. The molecular weight excluding hydrogens is 294 g/mol. The number of hydrogen-bond donors (Lipinski definition) is 1. The quantitative estimate of drug-likeness (QED) is 0.584. The Bertz CT molecular complexity index is 381. The Morgan fingerprint density at radius 3 is 2.39 bits per heavy atom. The van der Waals surface area contributed by atoms with Gasteiger partial charge in [-0.15, -0.1) is 0 Å². The zero-order valence-electron chi connectivity index (χ0n) is 15.3. The highest BCUT2D eigenvalue weighted by Crippen LogP contribution is 2.04. The third kappa shape index (κ3) is 6.25. The van der Waals surface area contributed by atoms with Crippen molar-refractivity contribution in [2.45, 2.75) is 33.2 Å². The van der Waals surface area contributed by atoms with Gasteiger partial charge in [0.05, 0.1) is 6.61 Å². The van der Waals surface area contributed by atoms with E-state index in [1.807, 2.05) is 6.92 Å². The van der Waals surface area contributed by atoms with Gasteiger partial charge < -0.3 is 24.8 Å². The Hall–Kier alpha value is -1.50. The third-order valence-electron chi connectivity index (χ3n) is 4.41. The fourth-order valence-electron chi connectivity index (χ4n) is 2.52. The zero-order chi connectivity index (χ0) is 17.2. The predicted molar refractivity (Wildman–Crippen MR) is 93.9 cm³/mol. The van der Waals surface area contributed by atoms with Gasteiger partial charge in [-0.25, -0.2) is 4.79 Å². The Kier molecular flexibility index (Phi) is 8.76. The number of rotatable bonds is 6. The standard InChI is InChI=1S/C16H33N5O2/c1-6-14(3)19(5)9-8-18-15(17-4)20-10-12-21(13-11-20)16(22)23-7-2/h14H,6-13H2,1-5H3,(H,17,18). The smallest absolute Gasteiger partial charge is 0.409 e. The maximum atomic E-state index is 11.7.